The van der Waals surface area contributed by atoms with Crippen molar-refractivity contribution < 1.29 is 14.6 Å². The highest BCUT2D eigenvalue weighted by atomic mass is 16.5. The molecule has 8 heteroatoms. The number of carboxylic acids is 1. The molecule has 0 bridgehead atoms. The highest BCUT2D eigenvalue weighted by molar-refractivity contribution is 5.71. The van der Waals surface area contributed by atoms with Gasteiger partial charge in [0.05, 0.1) is 18.6 Å². The highest BCUT2D eigenvalue weighted by Crippen LogP contribution is 2.28. The Morgan fingerprint density at radius 3 is 3.10 bits per heavy atom. The van der Waals surface area contributed by atoms with Crippen LogP contribution in [0.5, 0.6) is 0 Å². The van der Waals surface area contributed by atoms with Crippen molar-refractivity contribution in [3.05, 3.63) is 21.7 Å². The van der Waals surface area contributed by atoms with Gasteiger partial charge in [0, 0.05) is 12.6 Å². The van der Waals surface area contributed by atoms with Gasteiger partial charge in [-0.1, -0.05) is 0 Å². The molecule has 0 radical (unpaired) electrons. The van der Waals surface area contributed by atoms with E-state index in [0.717, 1.165) is 19.4 Å². The van der Waals surface area contributed by atoms with E-state index >= 15 is 0 Å². The number of hydrogen-bond acceptors (Lipinski definition) is 6. The number of hydrogen-bond donors (Lipinski definition) is 3. The van der Waals surface area contributed by atoms with Crippen LogP contribution in [0.25, 0.3) is 0 Å². The van der Waals surface area contributed by atoms with Crippen molar-refractivity contribution in [1.29, 1.82) is 0 Å². The second kappa shape index (κ2) is 5.45. The zero-order valence-corrected chi connectivity index (χ0v) is 11.5. The number of aromatic nitrogens is 2. The van der Waals surface area contributed by atoms with Gasteiger partial charge in [-0.15, -0.1) is 0 Å². The topological polar surface area (TPSA) is 122 Å². The Kier molecular flexibility index (Phi) is 3.64. The van der Waals surface area contributed by atoms with Crippen LogP contribution in [0.15, 0.2) is 4.79 Å². The quantitative estimate of drug-likeness (QED) is 0.688. The molecule has 0 spiro atoms. The van der Waals surface area contributed by atoms with Gasteiger partial charge in [0.25, 0.3) is 5.56 Å². The summed E-state index contributed by atoms with van der Waals surface area (Å²) in [5, 5.41) is 8.77. The van der Waals surface area contributed by atoms with Crippen LogP contribution in [0.2, 0.25) is 0 Å². The number of aliphatic carboxylic acids is 1. The Morgan fingerprint density at radius 1 is 1.57 bits per heavy atom. The van der Waals surface area contributed by atoms with Gasteiger partial charge in [-0.3, -0.25) is 14.5 Å². The number of aromatic amines is 1. The summed E-state index contributed by atoms with van der Waals surface area (Å²) < 4.78 is 5.76. The number of H-pyrrole nitrogens is 1. The first-order valence-electron chi connectivity index (χ1n) is 7.00. The number of nitrogen functional groups attached to an aromatic ring is 1. The number of nitrogens with one attached hydrogen (secondary N) is 1. The van der Waals surface area contributed by atoms with Crippen molar-refractivity contribution in [3.8, 4) is 0 Å². The van der Waals surface area contributed by atoms with Crippen LogP contribution in [0, 0.1) is 0 Å². The molecule has 2 fully saturated rings. The zero-order valence-electron chi connectivity index (χ0n) is 11.5. The van der Waals surface area contributed by atoms with Crippen LogP contribution >= 0.6 is 0 Å². The molecule has 2 aliphatic rings. The highest BCUT2D eigenvalue weighted by Gasteiger charge is 2.34. The number of nitrogens with zero attached hydrogens (tertiary/aromatic N) is 2. The van der Waals surface area contributed by atoms with E-state index in [4.69, 9.17) is 15.6 Å². The summed E-state index contributed by atoms with van der Waals surface area (Å²) in [7, 11) is 0. The molecule has 0 saturated carbocycles. The third kappa shape index (κ3) is 2.77. The molecule has 3 rings (SSSR count). The smallest absolute Gasteiger partial charge is 0.308 e. The predicted molar refractivity (Wildman–Crippen MR) is 73.9 cm³/mol. The van der Waals surface area contributed by atoms with Crippen molar-refractivity contribution in [2.45, 2.75) is 31.4 Å². The lowest BCUT2D eigenvalue weighted by Crippen LogP contribution is -2.43. The number of carboxylic acid groups (broad SMARTS) is 1. The average molecular weight is 294 g/mol. The summed E-state index contributed by atoms with van der Waals surface area (Å²) in [6.07, 6.45) is 1.53. The van der Waals surface area contributed by atoms with E-state index in [2.05, 4.69) is 14.9 Å². The van der Waals surface area contributed by atoms with Gasteiger partial charge in [0.15, 0.2) is 0 Å². The van der Waals surface area contributed by atoms with Crippen LogP contribution < -0.4 is 11.3 Å². The minimum Gasteiger partial charge on any atom is -0.481 e. The number of rotatable bonds is 3. The van der Waals surface area contributed by atoms with E-state index in [1.165, 1.54) is 0 Å². The molecule has 2 unspecified atom stereocenters. The third-order valence-corrected chi connectivity index (χ3v) is 4.09. The fourth-order valence-electron chi connectivity index (χ4n) is 2.99. The van der Waals surface area contributed by atoms with Crippen LogP contribution in [0.3, 0.4) is 0 Å². The standard InChI is InChI=1S/C13H18N4O4/c14-11-8(4-10(18)19)13(20)16-12(15-11)9-5-17-3-1-2-7(17)6-21-9/h7,9H,1-6H2,(H,18,19)(H3,14,15,16,20). The van der Waals surface area contributed by atoms with Crippen molar-refractivity contribution in [2.75, 3.05) is 25.4 Å². The minimum atomic E-state index is -1.12. The van der Waals surface area contributed by atoms with Crippen molar-refractivity contribution in [2.24, 2.45) is 0 Å². The van der Waals surface area contributed by atoms with Gasteiger partial charge in [0.1, 0.15) is 17.7 Å². The molecule has 1 aromatic rings. The average Bonchev–Trinajstić information content (AvgIpc) is 2.89. The Hall–Kier alpha value is -1.93. The number of nitrogens with two attached hydrogens (primary N) is 1. The molecular formula is C13H18N4O4. The summed E-state index contributed by atoms with van der Waals surface area (Å²) in [6.45, 7) is 2.32. The molecule has 3 heterocycles. The Labute approximate surface area is 120 Å². The Morgan fingerprint density at radius 2 is 2.38 bits per heavy atom. The molecule has 0 amide bonds. The fraction of sp³-hybridized carbons (Fsp3) is 0.615. The maximum Gasteiger partial charge on any atom is 0.308 e. The summed E-state index contributed by atoms with van der Waals surface area (Å²) in [5.74, 6) is -0.782. The van der Waals surface area contributed by atoms with Gasteiger partial charge >= 0.3 is 5.97 Å². The number of carbonyl (C=O) groups is 1. The molecule has 21 heavy (non-hydrogen) atoms. The van der Waals surface area contributed by atoms with E-state index in [0.29, 0.717) is 25.0 Å². The molecule has 0 aliphatic carbocycles. The van der Waals surface area contributed by atoms with E-state index in [-0.39, 0.29) is 17.5 Å². The lowest BCUT2D eigenvalue weighted by Gasteiger charge is -2.34. The van der Waals surface area contributed by atoms with Crippen molar-refractivity contribution >= 4 is 11.8 Å². The first-order chi connectivity index (χ1) is 10.0. The molecule has 4 N–H and O–H groups in total. The van der Waals surface area contributed by atoms with Gasteiger partial charge < -0.3 is 20.6 Å². The third-order valence-electron chi connectivity index (χ3n) is 4.09. The van der Waals surface area contributed by atoms with E-state index < -0.39 is 17.9 Å². The lowest BCUT2D eigenvalue weighted by molar-refractivity contribution is -0.136. The predicted octanol–water partition coefficient (Wildman–Crippen LogP) is -0.485. The van der Waals surface area contributed by atoms with Gasteiger partial charge in [-0.2, -0.15) is 0 Å². The monoisotopic (exact) mass is 294 g/mol. The Bertz CT molecular complexity index is 615. The summed E-state index contributed by atoms with van der Waals surface area (Å²) in [6, 6.07) is 0.455. The molecule has 2 saturated heterocycles. The van der Waals surface area contributed by atoms with Gasteiger partial charge in [0.2, 0.25) is 0 Å². The van der Waals surface area contributed by atoms with E-state index in [1.807, 2.05) is 0 Å². The summed E-state index contributed by atoms with van der Waals surface area (Å²) in [5.41, 5.74) is 5.20. The number of fused-ring (bicyclic) bond motifs is 1. The van der Waals surface area contributed by atoms with Gasteiger partial charge in [-0.25, -0.2) is 4.98 Å². The second-order valence-electron chi connectivity index (χ2n) is 5.50. The SMILES string of the molecule is Nc1nc(C2CN3CCCC3CO2)[nH]c(=O)c1CC(=O)O. The fourth-order valence-corrected chi connectivity index (χ4v) is 2.99. The summed E-state index contributed by atoms with van der Waals surface area (Å²) in [4.78, 5) is 31.7. The molecule has 1 aromatic heterocycles. The summed E-state index contributed by atoms with van der Waals surface area (Å²) >= 11 is 0. The first kappa shape index (κ1) is 14.0. The molecule has 8 nitrogen and oxygen atoms in total. The van der Waals surface area contributed by atoms with Crippen LogP contribution in [0.1, 0.15) is 30.3 Å². The molecule has 114 valence electrons. The molecule has 2 atom stereocenters. The second-order valence-corrected chi connectivity index (χ2v) is 5.50. The van der Waals surface area contributed by atoms with Gasteiger partial charge in [-0.05, 0) is 19.4 Å². The van der Waals surface area contributed by atoms with E-state index in [9.17, 15) is 9.59 Å². The van der Waals surface area contributed by atoms with Crippen LogP contribution in [-0.2, 0) is 16.0 Å². The first-order valence-corrected chi connectivity index (χ1v) is 7.00. The van der Waals surface area contributed by atoms with Crippen LogP contribution in [0.4, 0.5) is 5.82 Å². The normalized spacial score (nSPS) is 25.7. The Balaban J connectivity index is 1.83. The van der Waals surface area contributed by atoms with E-state index in [1.54, 1.807) is 0 Å². The minimum absolute atomic E-state index is 0.0129. The van der Waals surface area contributed by atoms with Crippen molar-refractivity contribution in [3.63, 3.8) is 0 Å². The molecular weight excluding hydrogens is 276 g/mol. The lowest BCUT2D eigenvalue weighted by atomic mass is 10.1. The molecule has 2 aliphatic heterocycles. The largest absolute Gasteiger partial charge is 0.481 e. The molecule has 0 aromatic carbocycles. The van der Waals surface area contributed by atoms with Crippen molar-refractivity contribution in [1.82, 2.24) is 14.9 Å². The zero-order chi connectivity index (χ0) is 15.0. The number of anilines is 1. The number of ether oxygens (including phenoxy) is 1. The maximum atomic E-state index is 12.0. The maximum absolute atomic E-state index is 12.0. The number of morpholine rings is 1. The van der Waals surface area contributed by atoms with Crippen LogP contribution in [-0.4, -0.2) is 51.7 Å².